The van der Waals surface area contributed by atoms with E-state index >= 15 is 0 Å². The first-order valence-corrected chi connectivity index (χ1v) is 8.79. The first kappa shape index (κ1) is 18.1. The quantitative estimate of drug-likeness (QED) is 0.834. The molecule has 0 fully saturated rings. The van der Waals surface area contributed by atoms with Crippen LogP contribution in [0.15, 0.2) is 35.5 Å². The molecule has 24 heavy (non-hydrogen) atoms. The number of nitrogens with two attached hydrogens (primary N) is 1. The number of primary sulfonamides is 1. The molecule has 1 heterocycles. The van der Waals surface area contributed by atoms with Gasteiger partial charge in [-0.15, -0.1) is 0 Å². The van der Waals surface area contributed by atoms with E-state index in [1.807, 2.05) is 17.8 Å². The third-order valence-electron chi connectivity index (χ3n) is 3.66. The maximum Gasteiger partial charge on any atom is 0.256 e. The fraction of sp³-hybridized carbons (Fsp3) is 0.333. The summed E-state index contributed by atoms with van der Waals surface area (Å²) in [5, 5.41) is 5.02. The van der Waals surface area contributed by atoms with Gasteiger partial charge in [0.1, 0.15) is 11.6 Å². The largest absolute Gasteiger partial charge is 0.342 e. The van der Waals surface area contributed by atoms with E-state index < -0.39 is 21.7 Å². The average Bonchev–Trinajstić information content (AvgIpc) is 2.91. The lowest BCUT2D eigenvalue weighted by atomic mass is 10.2. The second-order valence-corrected chi connectivity index (χ2v) is 7.03. The van der Waals surface area contributed by atoms with E-state index in [0.717, 1.165) is 24.0 Å². The maximum absolute atomic E-state index is 13.9. The third-order valence-corrected chi connectivity index (χ3v) is 4.57. The Balaban J connectivity index is 2.06. The van der Waals surface area contributed by atoms with Crippen LogP contribution in [-0.2, 0) is 23.5 Å². The van der Waals surface area contributed by atoms with Gasteiger partial charge in [-0.1, -0.05) is 0 Å². The summed E-state index contributed by atoms with van der Waals surface area (Å²) in [5.74, 6) is -0.501. The summed E-state index contributed by atoms with van der Waals surface area (Å²) < 4.78 is 38.4. The standard InChI is InChI=1S/C15H19FN4O3S/c1-19-9-7-18-14(19)4-3-8-20(2)15(21)12-10-11(24(17,22)23)5-6-13(12)16/h5-7,9-10H,3-4,8H2,1-2H3,(H2,17,22,23). The van der Waals surface area contributed by atoms with E-state index in [1.54, 1.807) is 6.20 Å². The molecule has 0 saturated carbocycles. The smallest absolute Gasteiger partial charge is 0.256 e. The molecule has 1 aromatic carbocycles. The predicted molar refractivity (Wildman–Crippen MR) is 86.3 cm³/mol. The fourth-order valence-electron chi connectivity index (χ4n) is 2.26. The zero-order valence-electron chi connectivity index (χ0n) is 13.4. The minimum absolute atomic E-state index is 0.298. The lowest BCUT2D eigenvalue weighted by Crippen LogP contribution is -2.29. The molecule has 7 nitrogen and oxygen atoms in total. The van der Waals surface area contributed by atoms with Gasteiger partial charge in [-0.25, -0.2) is 22.9 Å². The number of benzene rings is 1. The van der Waals surface area contributed by atoms with Gasteiger partial charge in [-0.3, -0.25) is 4.79 Å². The normalized spacial score (nSPS) is 11.5. The average molecular weight is 354 g/mol. The second kappa shape index (κ2) is 7.10. The van der Waals surface area contributed by atoms with E-state index in [0.29, 0.717) is 19.4 Å². The molecule has 130 valence electrons. The number of halogens is 1. The van der Waals surface area contributed by atoms with Crippen LogP contribution in [0.25, 0.3) is 0 Å². The van der Waals surface area contributed by atoms with Gasteiger partial charge in [-0.05, 0) is 24.6 Å². The number of nitrogens with zero attached hydrogens (tertiary/aromatic N) is 3. The number of amides is 1. The molecule has 0 bridgehead atoms. The van der Waals surface area contributed by atoms with Crippen LogP contribution in [0, 0.1) is 5.82 Å². The summed E-state index contributed by atoms with van der Waals surface area (Å²) in [4.78, 5) is 17.6. The molecule has 2 aromatic rings. The van der Waals surface area contributed by atoms with Crippen LogP contribution in [0.5, 0.6) is 0 Å². The van der Waals surface area contributed by atoms with Crippen LogP contribution < -0.4 is 5.14 Å². The van der Waals surface area contributed by atoms with Crippen molar-refractivity contribution in [3.63, 3.8) is 0 Å². The number of aromatic nitrogens is 2. The number of hydrogen-bond donors (Lipinski definition) is 1. The predicted octanol–water partition coefficient (Wildman–Crippen LogP) is 0.911. The SMILES string of the molecule is CN(CCCc1nccn1C)C(=O)c1cc(S(N)(=O)=O)ccc1F. The lowest BCUT2D eigenvalue weighted by Gasteiger charge is -2.18. The molecule has 1 amide bonds. The number of carbonyl (C=O) groups excluding carboxylic acids is 1. The monoisotopic (exact) mass is 354 g/mol. The van der Waals surface area contributed by atoms with Crippen LogP contribution in [0.4, 0.5) is 4.39 Å². The molecule has 0 saturated heterocycles. The fourth-order valence-corrected chi connectivity index (χ4v) is 2.80. The molecule has 0 atom stereocenters. The molecule has 0 unspecified atom stereocenters. The van der Waals surface area contributed by atoms with Crippen molar-refractivity contribution >= 4 is 15.9 Å². The van der Waals surface area contributed by atoms with E-state index in [1.165, 1.54) is 11.9 Å². The van der Waals surface area contributed by atoms with Gasteiger partial charge in [0, 0.05) is 39.5 Å². The number of imidazole rings is 1. The van der Waals surface area contributed by atoms with Crippen molar-refractivity contribution in [2.24, 2.45) is 12.2 Å². The Labute approximate surface area is 140 Å². The van der Waals surface area contributed by atoms with Gasteiger partial charge in [0.25, 0.3) is 5.91 Å². The molecule has 2 rings (SSSR count). The van der Waals surface area contributed by atoms with E-state index in [2.05, 4.69) is 4.98 Å². The second-order valence-electron chi connectivity index (χ2n) is 5.47. The highest BCUT2D eigenvalue weighted by Gasteiger charge is 2.19. The van der Waals surface area contributed by atoms with Gasteiger partial charge < -0.3 is 9.47 Å². The highest BCUT2D eigenvalue weighted by atomic mass is 32.2. The number of hydrogen-bond acceptors (Lipinski definition) is 4. The van der Waals surface area contributed by atoms with Gasteiger partial charge in [0.05, 0.1) is 10.5 Å². The summed E-state index contributed by atoms with van der Waals surface area (Å²) in [5.41, 5.74) is -0.319. The summed E-state index contributed by atoms with van der Waals surface area (Å²) in [6.45, 7) is 0.380. The Kier molecular flexibility index (Phi) is 5.35. The van der Waals surface area contributed by atoms with Crippen molar-refractivity contribution in [1.29, 1.82) is 0 Å². The van der Waals surface area contributed by atoms with Crippen LogP contribution in [-0.4, -0.2) is 42.4 Å². The Morgan fingerprint density at radius 3 is 2.71 bits per heavy atom. The third kappa shape index (κ3) is 4.18. The highest BCUT2D eigenvalue weighted by molar-refractivity contribution is 7.89. The molecule has 9 heteroatoms. The van der Waals surface area contributed by atoms with E-state index in [4.69, 9.17) is 5.14 Å². The maximum atomic E-state index is 13.9. The van der Waals surface area contributed by atoms with Crippen molar-refractivity contribution in [3.8, 4) is 0 Å². The number of carbonyl (C=O) groups is 1. The highest BCUT2D eigenvalue weighted by Crippen LogP contribution is 2.16. The van der Waals surface area contributed by atoms with Crippen LogP contribution in [0.3, 0.4) is 0 Å². The molecule has 0 radical (unpaired) electrons. The first-order chi connectivity index (χ1) is 11.2. The number of aryl methyl sites for hydroxylation is 2. The van der Waals surface area contributed by atoms with E-state index in [9.17, 15) is 17.6 Å². The summed E-state index contributed by atoms with van der Waals surface area (Å²) in [7, 11) is -0.589. The van der Waals surface area contributed by atoms with Crippen molar-refractivity contribution in [2.45, 2.75) is 17.7 Å². The van der Waals surface area contributed by atoms with Crippen molar-refractivity contribution in [3.05, 3.63) is 47.8 Å². The van der Waals surface area contributed by atoms with Crippen molar-refractivity contribution < 1.29 is 17.6 Å². The zero-order chi connectivity index (χ0) is 17.9. The molecular weight excluding hydrogens is 335 g/mol. The zero-order valence-corrected chi connectivity index (χ0v) is 14.3. The summed E-state index contributed by atoms with van der Waals surface area (Å²) >= 11 is 0. The van der Waals surface area contributed by atoms with Crippen LogP contribution >= 0.6 is 0 Å². The molecule has 2 N–H and O–H groups in total. The van der Waals surface area contributed by atoms with Crippen molar-refractivity contribution in [1.82, 2.24) is 14.5 Å². The Morgan fingerprint density at radius 1 is 1.42 bits per heavy atom. The van der Waals surface area contributed by atoms with Gasteiger partial charge in [0.15, 0.2) is 0 Å². The molecule has 0 aliphatic heterocycles. The molecular formula is C15H19FN4O3S. The minimum atomic E-state index is -4.00. The Morgan fingerprint density at radius 2 is 2.12 bits per heavy atom. The van der Waals surface area contributed by atoms with Crippen LogP contribution in [0.1, 0.15) is 22.6 Å². The molecule has 1 aromatic heterocycles. The van der Waals surface area contributed by atoms with Gasteiger partial charge >= 0.3 is 0 Å². The van der Waals surface area contributed by atoms with Gasteiger partial charge in [-0.2, -0.15) is 0 Å². The number of rotatable bonds is 6. The topological polar surface area (TPSA) is 98.3 Å². The Bertz CT molecular complexity index is 848. The summed E-state index contributed by atoms with van der Waals surface area (Å²) in [6.07, 6.45) is 4.83. The van der Waals surface area contributed by atoms with Crippen molar-refractivity contribution in [2.75, 3.05) is 13.6 Å². The molecule has 0 spiro atoms. The molecule has 0 aliphatic rings. The lowest BCUT2D eigenvalue weighted by molar-refractivity contribution is 0.0788. The first-order valence-electron chi connectivity index (χ1n) is 7.24. The number of sulfonamides is 1. The van der Waals surface area contributed by atoms with E-state index in [-0.39, 0.29) is 10.5 Å². The van der Waals surface area contributed by atoms with Gasteiger partial charge in [0.2, 0.25) is 10.0 Å². The van der Waals surface area contributed by atoms with Crippen LogP contribution in [0.2, 0.25) is 0 Å². The molecule has 0 aliphatic carbocycles. The Hall–Kier alpha value is -2.26. The summed E-state index contributed by atoms with van der Waals surface area (Å²) in [6, 6.07) is 2.92. The minimum Gasteiger partial charge on any atom is -0.342 e.